The fourth-order valence-corrected chi connectivity index (χ4v) is 12.7. The van der Waals surface area contributed by atoms with E-state index in [-0.39, 0.29) is 87.1 Å². The summed E-state index contributed by atoms with van der Waals surface area (Å²) in [4.78, 5) is 110. The summed E-state index contributed by atoms with van der Waals surface area (Å²) in [7, 11) is 0. The van der Waals surface area contributed by atoms with E-state index in [1.165, 1.54) is 24.3 Å². The van der Waals surface area contributed by atoms with Crippen molar-refractivity contribution in [2.45, 2.75) is 37.6 Å². The fourth-order valence-electron chi connectivity index (χ4n) is 10.9. The maximum absolute atomic E-state index is 15.7. The Morgan fingerprint density at radius 1 is 0.413 bits per heavy atom. The lowest BCUT2D eigenvalue weighted by Crippen LogP contribution is -2.54. The van der Waals surface area contributed by atoms with E-state index in [4.69, 9.17) is 28.4 Å². The van der Waals surface area contributed by atoms with Gasteiger partial charge in [0.15, 0.2) is 0 Å². The van der Waals surface area contributed by atoms with Crippen LogP contribution in [0.1, 0.15) is 65.2 Å². The minimum atomic E-state index is -3.03. The van der Waals surface area contributed by atoms with Gasteiger partial charge in [-0.05, 0) is 45.5 Å². The molecule has 0 bridgehead atoms. The van der Waals surface area contributed by atoms with Crippen LogP contribution in [0.15, 0.2) is 203 Å². The molecule has 4 aliphatic rings. The lowest BCUT2D eigenvalue weighted by atomic mass is 9.79. The normalized spacial score (nSPS) is 14.8. The second-order valence-corrected chi connectivity index (χ2v) is 22.6. The van der Waals surface area contributed by atoms with Gasteiger partial charge < -0.3 is 28.4 Å². The van der Waals surface area contributed by atoms with Crippen LogP contribution >= 0.6 is 22.7 Å². The highest BCUT2D eigenvalue weighted by molar-refractivity contribution is 7.19. The number of aliphatic imine (C=N–C) groups is 2. The van der Waals surface area contributed by atoms with Gasteiger partial charge in [-0.3, -0.25) is 9.59 Å². The summed E-state index contributed by atoms with van der Waals surface area (Å²) in [5.41, 5.74) is -5.91. The molecule has 0 saturated carbocycles. The zero-order chi connectivity index (χ0) is 63.7. The molecule has 0 unspecified atom stereocenters. The van der Waals surface area contributed by atoms with Crippen molar-refractivity contribution >= 4 is 90.9 Å². The summed E-state index contributed by atoms with van der Waals surface area (Å²) in [6.07, 6.45) is 0. The van der Waals surface area contributed by atoms with E-state index in [0.717, 1.165) is 22.7 Å². The maximum Gasteiger partial charge on any atom is 0.367 e. The molecule has 9 aromatic rings. The van der Waals surface area contributed by atoms with Crippen molar-refractivity contribution in [1.29, 1.82) is 21.0 Å². The largest absolute Gasteiger partial charge is 0.457 e. The molecule has 2 aliphatic heterocycles. The lowest BCUT2D eigenvalue weighted by Gasteiger charge is -2.38. The molecule has 0 amide bonds. The molecule has 2 aromatic heterocycles. The SMILES string of the molecule is N#CC(C#N)=C1/C(=N/c2nc3c(s2)-c2cc4c(cc2C(C(=O)OCc2ccccc2)(C(=O)OCc2ccccc2)O3)-c2sc(/N=C3\C(=O)c5ccccc5C3=C(C#N)C#N)nc2OC4(C(=O)OCc2ccccc2)C(=O)OCc2ccccc2)C(=O)c2ccccc21. The van der Waals surface area contributed by atoms with E-state index in [2.05, 4.69) is 20.0 Å². The van der Waals surface area contributed by atoms with E-state index >= 15 is 19.2 Å². The number of rotatable bonds is 14. The van der Waals surface area contributed by atoms with Crippen molar-refractivity contribution < 1.29 is 57.2 Å². The third kappa shape index (κ3) is 10.1. The molecular formula is C70H38N8O12S2. The number of hydrogen-bond acceptors (Lipinski definition) is 22. The number of carbonyl (C=O) groups excluding carboxylic acids is 6. The number of thiazole rings is 2. The Morgan fingerprint density at radius 2 is 0.696 bits per heavy atom. The standard InChI is InChI=1S/C70H38N8O12S2/c71-31-43(32-72)53-45-25-13-15-27-47(45)57(79)55(53)75-67-77-61-59(91-67)49-30-52-50(29-51(49)69(89-61,63(81)85-35-39-17-5-1-6-18-39)64(82)86-36-40-19-7-2-8-20-40)60-62(78-68(92-60)76-56-54(44(33-73)34-74)46-26-14-16-28-48(46)58(56)80)90-70(52,65(83)87-37-41-21-9-3-10-22-41)66(84)88-38-42-23-11-4-12-24-42/h1-30H,35-38H2/b75-55-,76-56-. The predicted molar refractivity (Wildman–Crippen MR) is 330 cm³/mol. The maximum atomic E-state index is 15.7. The Labute approximate surface area is 529 Å². The summed E-state index contributed by atoms with van der Waals surface area (Å²) in [6.45, 7) is -1.68. The number of Topliss-reactive ketones (excluding diaryl/α,β-unsaturated/α-hetero) is 2. The van der Waals surface area contributed by atoms with E-state index in [1.807, 2.05) is 24.3 Å². The fraction of sp³-hybridized carbons (Fsp3) is 0.0857. The van der Waals surface area contributed by atoms with Crippen molar-refractivity contribution in [1.82, 2.24) is 9.97 Å². The number of nitrogens with zero attached hydrogens (tertiary/aromatic N) is 8. The van der Waals surface area contributed by atoms with Crippen molar-refractivity contribution in [3.05, 3.63) is 249 Å². The monoisotopic (exact) mass is 1250 g/mol. The molecule has 22 heteroatoms. The van der Waals surface area contributed by atoms with Crippen LogP contribution in [-0.2, 0) is 75.8 Å². The number of fused-ring (bicyclic) bond motifs is 8. The summed E-state index contributed by atoms with van der Waals surface area (Å²) in [6, 6.07) is 56.7. The van der Waals surface area contributed by atoms with Gasteiger partial charge in [-0.1, -0.05) is 193 Å². The highest BCUT2D eigenvalue weighted by Gasteiger charge is 2.63. The average Bonchev–Trinajstić information content (AvgIpc) is 1.12. The van der Waals surface area contributed by atoms with Crippen LogP contribution < -0.4 is 9.47 Å². The third-order valence-electron chi connectivity index (χ3n) is 15.2. The summed E-state index contributed by atoms with van der Waals surface area (Å²) in [5.74, 6) is -7.62. The van der Waals surface area contributed by atoms with Gasteiger partial charge in [0.25, 0.3) is 0 Å². The van der Waals surface area contributed by atoms with E-state index < -0.39 is 96.0 Å². The van der Waals surface area contributed by atoms with Gasteiger partial charge >= 0.3 is 35.1 Å². The summed E-state index contributed by atoms with van der Waals surface area (Å²) < 4.78 is 37.8. The molecule has 13 rings (SSSR count). The quantitative estimate of drug-likeness (QED) is 0.0423. The molecular weight excluding hydrogens is 1210 g/mol. The van der Waals surface area contributed by atoms with Crippen molar-refractivity contribution in [3.63, 3.8) is 0 Å². The molecule has 0 fully saturated rings. The Bertz CT molecular complexity index is 4500. The van der Waals surface area contributed by atoms with Gasteiger partial charge in [-0.15, -0.1) is 0 Å². The Morgan fingerprint density at radius 3 is 0.989 bits per heavy atom. The van der Waals surface area contributed by atoms with Gasteiger partial charge in [-0.2, -0.15) is 31.0 Å². The molecule has 20 nitrogen and oxygen atoms in total. The van der Waals surface area contributed by atoms with Crippen LogP contribution in [0.4, 0.5) is 10.3 Å². The minimum Gasteiger partial charge on any atom is -0.457 e. The molecule has 0 spiro atoms. The number of aromatic nitrogens is 2. The smallest absolute Gasteiger partial charge is 0.367 e. The number of esters is 4. The number of hydrogen-bond donors (Lipinski definition) is 0. The Hall–Kier alpha value is -12.6. The van der Waals surface area contributed by atoms with Crippen molar-refractivity contribution in [2.24, 2.45) is 9.98 Å². The highest BCUT2D eigenvalue weighted by atomic mass is 32.1. The first-order valence-corrected chi connectivity index (χ1v) is 29.5. The Balaban J connectivity index is 1.08. The zero-order valence-electron chi connectivity index (χ0n) is 47.4. The highest BCUT2D eigenvalue weighted by Crippen LogP contribution is 2.58. The summed E-state index contributed by atoms with van der Waals surface area (Å²) in [5, 5.41) is 40.3. The first-order valence-electron chi connectivity index (χ1n) is 27.9. The Kier molecular flexibility index (Phi) is 15.3. The van der Waals surface area contributed by atoms with Crippen LogP contribution in [0.2, 0.25) is 0 Å². The van der Waals surface area contributed by atoms with Gasteiger partial charge in [0.1, 0.15) is 83.0 Å². The van der Waals surface area contributed by atoms with Gasteiger partial charge in [0, 0.05) is 44.5 Å². The first-order chi connectivity index (χ1) is 44.9. The van der Waals surface area contributed by atoms with E-state index in [1.54, 1.807) is 158 Å². The van der Waals surface area contributed by atoms with E-state index in [0.29, 0.717) is 22.3 Å². The molecule has 0 radical (unpaired) electrons. The first kappa shape index (κ1) is 58.4. The number of nitriles is 4. The van der Waals surface area contributed by atoms with Gasteiger partial charge in [0.05, 0.1) is 0 Å². The van der Waals surface area contributed by atoms with Crippen LogP contribution in [0.5, 0.6) is 11.8 Å². The third-order valence-corrected chi connectivity index (χ3v) is 17.2. The van der Waals surface area contributed by atoms with Crippen LogP contribution in [-0.4, -0.2) is 56.8 Å². The molecule has 92 heavy (non-hydrogen) atoms. The van der Waals surface area contributed by atoms with Crippen molar-refractivity contribution in [3.8, 4) is 56.9 Å². The van der Waals surface area contributed by atoms with Crippen molar-refractivity contribution in [2.75, 3.05) is 0 Å². The number of ether oxygens (including phenoxy) is 6. The molecule has 0 saturated heterocycles. The molecule has 4 heterocycles. The second-order valence-electron chi connectivity index (χ2n) is 20.6. The minimum absolute atomic E-state index is 0.0189. The van der Waals surface area contributed by atoms with Gasteiger partial charge in [-0.25, -0.2) is 29.2 Å². The van der Waals surface area contributed by atoms with E-state index in [9.17, 15) is 30.6 Å². The van der Waals surface area contributed by atoms with Crippen LogP contribution in [0.25, 0.3) is 32.0 Å². The number of benzene rings is 7. The van der Waals surface area contributed by atoms with Gasteiger partial charge in [0.2, 0.25) is 33.6 Å². The van der Waals surface area contributed by atoms with Crippen LogP contribution in [0, 0.1) is 45.3 Å². The summed E-state index contributed by atoms with van der Waals surface area (Å²) >= 11 is 1.52. The average molecular weight is 1250 g/mol. The lowest BCUT2D eigenvalue weighted by molar-refractivity contribution is -0.185. The predicted octanol–water partition coefficient (Wildman–Crippen LogP) is 11.6. The molecule has 2 aliphatic carbocycles. The second kappa shape index (κ2) is 24.2. The molecule has 7 aromatic carbocycles. The zero-order valence-corrected chi connectivity index (χ0v) is 49.1. The molecule has 442 valence electrons. The molecule has 0 N–H and O–H groups in total. The topological polar surface area (TPSA) is 303 Å². The van der Waals surface area contributed by atoms with Crippen LogP contribution in [0.3, 0.4) is 0 Å². The molecule has 0 atom stereocenters. The number of ketones is 2. The number of allylic oxidation sites excluding steroid dienone is 4. The number of carbonyl (C=O) groups is 6.